The highest BCUT2D eigenvalue weighted by molar-refractivity contribution is 6.30. The van der Waals surface area contributed by atoms with Crippen LogP contribution in [0, 0.1) is 0 Å². The first kappa shape index (κ1) is 21.7. The lowest BCUT2D eigenvalue weighted by molar-refractivity contribution is -0.115. The summed E-state index contributed by atoms with van der Waals surface area (Å²) in [5.74, 6) is 1.25. The van der Waals surface area contributed by atoms with Gasteiger partial charge in [0, 0.05) is 16.3 Å². The van der Waals surface area contributed by atoms with Crippen molar-refractivity contribution in [3.63, 3.8) is 0 Å². The molecule has 1 aromatic heterocycles. The Hall–Kier alpha value is -4.10. The van der Waals surface area contributed by atoms with Crippen molar-refractivity contribution in [1.82, 2.24) is 14.8 Å². The molecule has 1 aliphatic heterocycles. The monoisotopic (exact) mass is 471 g/mol. The smallest absolute Gasteiger partial charge is 0.248 e. The number of amides is 1. The fourth-order valence-corrected chi connectivity index (χ4v) is 4.11. The summed E-state index contributed by atoms with van der Waals surface area (Å²) >= 11 is 6.02. The molecule has 5 rings (SSSR count). The second-order valence-electron chi connectivity index (χ2n) is 7.98. The molecule has 4 aromatic rings. The van der Waals surface area contributed by atoms with Crippen molar-refractivity contribution in [1.29, 1.82) is 0 Å². The standard InChI is InChI=1S/C26H22ClN5O2/c1-16-22(24(28)33)23(18-9-13-21(14-10-18)34-15-17-5-3-2-4-6-17)32-26(29-16)30-25(31-32)19-7-11-20(27)12-8-19/h2-14,23H,15H2,1H3,(H2,28,33)(H,29,30,31). The molecule has 0 bridgehead atoms. The van der Waals surface area contributed by atoms with Crippen LogP contribution in [0.3, 0.4) is 0 Å². The van der Waals surface area contributed by atoms with E-state index in [4.69, 9.17) is 27.2 Å². The fraction of sp³-hybridized carbons (Fsp3) is 0.115. The van der Waals surface area contributed by atoms with Gasteiger partial charge in [-0.15, -0.1) is 5.10 Å². The molecule has 0 spiro atoms. The van der Waals surface area contributed by atoms with Gasteiger partial charge in [0.05, 0.1) is 5.57 Å². The van der Waals surface area contributed by atoms with Gasteiger partial charge in [0.1, 0.15) is 18.4 Å². The topological polar surface area (TPSA) is 95.1 Å². The van der Waals surface area contributed by atoms with Crippen molar-refractivity contribution in [2.24, 2.45) is 5.73 Å². The molecule has 1 atom stereocenters. The number of halogens is 1. The molecule has 0 aliphatic carbocycles. The van der Waals surface area contributed by atoms with E-state index in [-0.39, 0.29) is 0 Å². The average Bonchev–Trinajstić information content (AvgIpc) is 3.26. The number of rotatable bonds is 6. The van der Waals surface area contributed by atoms with E-state index in [1.807, 2.05) is 73.7 Å². The minimum atomic E-state index is -0.523. The number of primary amides is 1. The van der Waals surface area contributed by atoms with Crippen LogP contribution in [-0.4, -0.2) is 20.7 Å². The largest absolute Gasteiger partial charge is 0.489 e. The molecule has 0 fully saturated rings. The molecule has 34 heavy (non-hydrogen) atoms. The summed E-state index contributed by atoms with van der Waals surface area (Å²) < 4.78 is 7.60. The van der Waals surface area contributed by atoms with E-state index in [1.165, 1.54) is 0 Å². The van der Waals surface area contributed by atoms with Crippen molar-refractivity contribution >= 4 is 23.5 Å². The first-order valence-electron chi connectivity index (χ1n) is 10.8. The Labute approximate surface area is 201 Å². The van der Waals surface area contributed by atoms with E-state index in [9.17, 15) is 4.79 Å². The summed E-state index contributed by atoms with van der Waals surface area (Å²) in [5.41, 5.74) is 9.60. The quantitative estimate of drug-likeness (QED) is 0.414. The summed E-state index contributed by atoms with van der Waals surface area (Å²) in [6.07, 6.45) is 0. The van der Waals surface area contributed by atoms with E-state index in [1.54, 1.807) is 16.8 Å². The normalized spacial score (nSPS) is 14.9. The molecule has 3 aromatic carbocycles. The summed E-state index contributed by atoms with van der Waals surface area (Å²) in [6, 6.07) is 24.3. The van der Waals surface area contributed by atoms with E-state index in [0.29, 0.717) is 34.7 Å². The van der Waals surface area contributed by atoms with Crippen molar-refractivity contribution < 1.29 is 9.53 Å². The summed E-state index contributed by atoms with van der Waals surface area (Å²) in [5, 5.41) is 8.49. The number of allylic oxidation sites excluding steroid dienone is 1. The lowest BCUT2D eigenvalue weighted by Gasteiger charge is -2.27. The number of nitrogens with one attached hydrogen (secondary N) is 1. The van der Waals surface area contributed by atoms with Crippen LogP contribution >= 0.6 is 11.6 Å². The molecule has 1 unspecified atom stereocenters. The van der Waals surface area contributed by atoms with Gasteiger partial charge in [-0.1, -0.05) is 54.1 Å². The summed E-state index contributed by atoms with van der Waals surface area (Å²) in [7, 11) is 0. The second kappa shape index (κ2) is 9.03. The molecule has 0 saturated carbocycles. The molecular formula is C26H22ClN5O2. The number of anilines is 1. The van der Waals surface area contributed by atoms with Crippen LogP contribution in [-0.2, 0) is 11.4 Å². The molecule has 0 saturated heterocycles. The van der Waals surface area contributed by atoms with Crippen LogP contribution in [0.5, 0.6) is 5.75 Å². The third-order valence-electron chi connectivity index (χ3n) is 5.66. The van der Waals surface area contributed by atoms with Crippen LogP contribution in [0.1, 0.15) is 24.1 Å². The number of hydrogen-bond donors (Lipinski definition) is 2. The van der Waals surface area contributed by atoms with Crippen LogP contribution in [0.25, 0.3) is 11.4 Å². The van der Waals surface area contributed by atoms with E-state index in [2.05, 4.69) is 10.3 Å². The van der Waals surface area contributed by atoms with Crippen molar-refractivity contribution in [2.45, 2.75) is 19.6 Å². The summed E-state index contributed by atoms with van der Waals surface area (Å²) in [6.45, 7) is 2.28. The highest BCUT2D eigenvalue weighted by Crippen LogP contribution is 2.36. The van der Waals surface area contributed by atoms with E-state index >= 15 is 0 Å². The predicted octanol–water partition coefficient (Wildman–Crippen LogP) is 4.95. The van der Waals surface area contributed by atoms with Gasteiger partial charge in [-0.3, -0.25) is 4.79 Å². The first-order chi connectivity index (χ1) is 16.5. The van der Waals surface area contributed by atoms with Crippen molar-refractivity contribution in [2.75, 3.05) is 5.32 Å². The zero-order chi connectivity index (χ0) is 23.7. The summed E-state index contributed by atoms with van der Waals surface area (Å²) in [4.78, 5) is 17.1. The molecule has 1 aliphatic rings. The minimum Gasteiger partial charge on any atom is -0.489 e. The number of nitrogens with zero attached hydrogens (tertiary/aromatic N) is 3. The Morgan fingerprint density at radius 3 is 2.44 bits per heavy atom. The third-order valence-corrected chi connectivity index (χ3v) is 5.92. The zero-order valence-electron chi connectivity index (χ0n) is 18.4. The maximum atomic E-state index is 12.4. The van der Waals surface area contributed by atoms with Gasteiger partial charge in [0.2, 0.25) is 11.9 Å². The molecule has 8 heteroatoms. The van der Waals surface area contributed by atoms with Gasteiger partial charge in [0.25, 0.3) is 0 Å². The number of carbonyl (C=O) groups is 1. The zero-order valence-corrected chi connectivity index (χ0v) is 19.2. The molecule has 3 N–H and O–H groups in total. The maximum Gasteiger partial charge on any atom is 0.248 e. The number of ether oxygens (including phenoxy) is 1. The first-order valence-corrected chi connectivity index (χ1v) is 11.1. The molecule has 1 amide bonds. The van der Waals surface area contributed by atoms with Gasteiger partial charge in [-0.05, 0) is 54.4 Å². The van der Waals surface area contributed by atoms with E-state index < -0.39 is 11.9 Å². The lowest BCUT2D eigenvalue weighted by atomic mass is 9.95. The maximum absolute atomic E-state index is 12.4. The Balaban J connectivity index is 1.47. The number of carbonyl (C=O) groups excluding carboxylic acids is 1. The van der Waals surface area contributed by atoms with Gasteiger partial charge >= 0.3 is 0 Å². The lowest BCUT2D eigenvalue weighted by Crippen LogP contribution is -2.31. The van der Waals surface area contributed by atoms with Gasteiger partial charge in [-0.2, -0.15) is 4.98 Å². The Bertz CT molecular complexity index is 1360. The van der Waals surface area contributed by atoms with Crippen molar-refractivity contribution in [3.8, 4) is 17.1 Å². The van der Waals surface area contributed by atoms with Gasteiger partial charge in [-0.25, -0.2) is 4.68 Å². The Kier molecular flexibility index (Phi) is 5.77. The molecule has 0 radical (unpaired) electrons. The van der Waals surface area contributed by atoms with Crippen LogP contribution in [0.4, 0.5) is 5.95 Å². The number of hydrogen-bond acceptors (Lipinski definition) is 5. The van der Waals surface area contributed by atoms with Gasteiger partial charge in [0.15, 0.2) is 5.82 Å². The number of nitrogens with two attached hydrogens (primary N) is 1. The fourth-order valence-electron chi connectivity index (χ4n) is 3.99. The third kappa shape index (κ3) is 4.25. The van der Waals surface area contributed by atoms with Crippen LogP contribution in [0.15, 0.2) is 90.1 Å². The van der Waals surface area contributed by atoms with E-state index in [0.717, 1.165) is 22.4 Å². The van der Waals surface area contributed by atoms with Crippen molar-refractivity contribution in [3.05, 3.63) is 106 Å². The average molecular weight is 472 g/mol. The van der Waals surface area contributed by atoms with Crippen LogP contribution in [0.2, 0.25) is 5.02 Å². The molecule has 7 nitrogen and oxygen atoms in total. The SMILES string of the molecule is CC1=C(C(N)=O)C(c2ccc(OCc3ccccc3)cc2)n2nc(-c3ccc(Cl)cc3)nc2N1. The molecular weight excluding hydrogens is 450 g/mol. The second-order valence-corrected chi connectivity index (χ2v) is 8.42. The number of aromatic nitrogens is 3. The van der Waals surface area contributed by atoms with Gasteiger partial charge < -0.3 is 15.8 Å². The molecule has 2 heterocycles. The minimum absolute atomic E-state index is 0.429. The molecule has 170 valence electrons. The number of benzene rings is 3. The highest BCUT2D eigenvalue weighted by Gasteiger charge is 2.33. The Morgan fingerprint density at radius 1 is 1.06 bits per heavy atom. The number of fused-ring (bicyclic) bond motifs is 1. The predicted molar refractivity (Wildman–Crippen MR) is 131 cm³/mol. The van der Waals surface area contributed by atoms with Crippen LogP contribution < -0.4 is 15.8 Å². The highest BCUT2D eigenvalue weighted by atomic mass is 35.5. The Morgan fingerprint density at radius 2 is 1.76 bits per heavy atom.